The van der Waals surface area contributed by atoms with Crippen molar-refractivity contribution >= 4 is 46.6 Å². The van der Waals surface area contributed by atoms with Crippen LogP contribution in [-0.4, -0.2) is 157 Å². The third kappa shape index (κ3) is 10.3. The second kappa shape index (κ2) is 20.4. The molecule has 5 aromatic rings. The summed E-state index contributed by atoms with van der Waals surface area (Å²) in [6.07, 6.45) is 7.03. The van der Waals surface area contributed by atoms with E-state index in [4.69, 9.17) is 9.97 Å². The largest absolute Gasteiger partial charge is 0.507 e. The number of aryl methyl sites for hydroxylation is 1. The molecule has 374 valence electrons. The second-order valence-corrected chi connectivity index (χ2v) is 21.7. The van der Waals surface area contributed by atoms with Crippen molar-refractivity contribution in [3.05, 3.63) is 89.3 Å². The van der Waals surface area contributed by atoms with Gasteiger partial charge in [0.2, 0.25) is 17.8 Å². The number of hydrogen-bond donors (Lipinski definition) is 5. The highest BCUT2D eigenvalue weighted by Gasteiger charge is 2.45. The van der Waals surface area contributed by atoms with Gasteiger partial charge in [0.05, 0.1) is 39.6 Å². The second-order valence-electron chi connectivity index (χ2n) is 20.8. The molecule has 5 aliphatic rings. The van der Waals surface area contributed by atoms with Crippen LogP contribution in [0.4, 0.5) is 22.2 Å². The van der Waals surface area contributed by atoms with Gasteiger partial charge in [-0.25, -0.2) is 19.7 Å². The first-order valence-corrected chi connectivity index (χ1v) is 25.9. The number of urea groups is 1. The number of amides is 4. The lowest BCUT2D eigenvalue weighted by molar-refractivity contribution is -0.142. The van der Waals surface area contributed by atoms with Crippen molar-refractivity contribution < 1.29 is 24.6 Å². The minimum atomic E-state index is -0.895. The van der Waals surface area contributed by atoms with E-state index in [0.29, 0.717) is 36.3 Å². The number of hydrogen-bond acceptors (Lipinski definition) is 15. The lowest BCUT2D eigenvalue weighted by Gasteiger charge is -2.45. The Hall–Kier alpha value is -6.44. The van der Waals surface area contributed by atoms with Crippen LogP contribution in [0.5, 0.6) is 5.75 Å². The third-order valence-electron chi connectivity index (χ3n) is 15.1. The van der Waals surface area contributed by atoms with Gasteiger partial charge in [-0.15, -0.1) is 21.5 Å². The van der Waals surface area contributed by atoms with Crippen LogP contribution in [0.1, 0.15) is 75.6 Å². The Bertz CT molecular complexity index is 2700. The van der Waals surface area contributed by atoms with E-state index in [9.17, 15) is 24.6 Å². The van der Waals surface area contributed by atoms with E-state index >= 15 is 0 Å². The molecule has 0 radical (unpaired) electrons. The molecule has 5 aliphatic heterocycles. The number of anilines is 3. The Labute approximate surface area is 418 Å². The molecule has 8 heterocycles. The Morgan fingerprint density at radius 1 is 0.887 bits per heavy atom. The zero-order chi connectivity index (χ0) is 49.4. The molecule has 2 aromatic carbocycles. The highest BCUT2D eigenvalue weighted by atomic mass is 32.1. The minimum absolute atomic E-state index is 0.0253. The first-order chi connectivity index (χ1) is 34.3. The average molecular weight is 984 g/mol. The first kappa shape index (κ1) is 48.2. The van der Waals surface area contributed by atoms with Gasteiger partial charge in [-0.05, 0) is 91.9 Å². The molecule has 10 rings (SSSR count). The minimum Gasteiger partial charge on any atom is -0.507 e. The fraction of sp³-hybridized carbons (Fsp3) is 0.500. The summed E-state index contributed by atoms with van der Waals surface area (Å²) in [5, 5.41) is 39.5. The summed E-state index contributed by atoms with van der Waals surface area (Å²) in [7, 11) is 0. The van der Waals surface area contributed by atoms with Gasteiger partial charge in [-0.2, -0.15) is 0 Å². The molecule has 4 saturated heterocycles. The van der Waals surface area contributed by atoms with Gasteiger partial charge in [0.15, 0.2) is 5.82 Å². The predicted octanol–water partition coefficient (Wildman–Crippen LogP) is 5.24. The van der Waals surface area contributed by atoms with Crippen LogP contribution in [0.3, 0.4) is 0 Å². The summed E-state index contributed by atoms with van der Waals surface area (Å²) in [4.78, 5) is 67.5. The number of carbonyl (C=O) groups excluding carboxylic acids is 3. The fourth-order valence-corrected chi connectivity index (χ4v) is 11.8. The standard InChI is InChI=1S/C52H65N13O5S/c1-32-45(71-31-57-32)35-11-9-33(10-12-35)25-54-48(68)43-23-39(66)30-65(43)49(69)46(52(2,3)4)58-51(70)62-19-15-37(16-20-62)61-17-13-34(14-18-61)36-26-55-50(56-27-36)63-21-22-64-38(29-63)28-53-47-42(64)24-41(59-60-47)40-7-5-6-8-44(40)67/h5-12,24,26-27,31,34,37-39,43,46,66-67H,13-23,25,28-30H2,1-4H3,(H,53,60)(H,54,68)(H,58,70)/t38-,39+,43-,46+/m0/s1. The lowest BCUT2D eigenvalue weighted by Crippen LogP contribution is -2.60. The highest BCUT2D eigenvalue weighted by molar-refractivity contribution is 7.13. The average Bonchev–Trinajstić information content (AvgIpc) is 4.01. The number of thiazole rings is 1. The van der Waals surface area contributed by atoms with Gasteiger partial charge in [0.1, 0.15) is 17.8 Å². The van der Waals surface area contributed by atoms with E-state index < -0.39 is 23.6 Å². The zero-order valence-corrected chi connectivity index (χ0v) is 41.8. The van der Waals surface area contributed by atoms with Crippen molar-refractivity contribution in [3.8, 4) is 27.4 Å². The Morgan fingerprint density at radius 2 is 1.63 bits per heavy atom. The van der Waals surface area contributed by atoms with Crippen LogP contribution >= 0.6 is 11.3 Å². The number of aliphatic hydroxyl groups excluding tert-OH is 1. The number of β-amino-alcohol motifs (C(OH)–C–C–N with tert-alkyl or cyclic N) is 1. The van der Waals surface area contributed by atoms with Crippen LogP contribution in [0.15, 0.2) is 72.5 Å². The first-order valence-electron chi connectivity index (χ1n) is 25.1. The van der Waals surface area contributed by atoms with Gasteiger partial charge in [-0.1, -0.05) is 57.2 Å². The van der Waals surface area contributed by atoms with Crippen LogP contribution in [0.2, 0.25) is 0 Å². The molecular weight excluding hydrogens is 919 g/mol. The number of fused-ring (bicyclic) bond motifs is 3. The van der Waals surface area contributed by atoms with Crippen molar-refractivity contribution in [2.45, 2.75) is 103 Å². The number of benzene rings is 2. The van der Waals surface area contributed by atoms with Gasteiger partial charge >= 0.3 is 6.03 Å². The van der Waals surface area contributed by atoms with E-state index in [0.717, 1.165) is 104 Å². The van der Waals surface area contributed by atoms with Crippen molar-refractivity contribution in [1.82, 2.24) is 50.5 Å². The number of para-hydroxylation sites is 1. The van der Waals surface area contributed by atoms with Gasteiger partial charge < -0.3 is 50.7 Å². The smallest absolute Gasteiger partial charge is 0.318 e. The maximum absolute atomic E-state index is 14.3. The number of likely N-dealkylation sites (tertiary alicyclic amines) is 3. The van der Waals surface area contributed by atoms with Crippen molar-refractivity contribution in [2.24, 2.45) is 5.41 Å². The number of rotatable bonds is 10. The number of nitrogens with one attached hydrogen (secondary N) is 3. The molecule has 3 aromatic heterocycles. The van der Waals surface area contributed by atoms with Crippen LogP contribution in [0.25, 0.3) is 21.7 Å². The van der Waals surface area contributed by atoms with Gasteiger partial charge in [0, 0.05) is 82.8 Å². The van der Waals surface area contributed by atoms with E-state index in [1.807, 2.05) is 93.0 Å². The summed E-state index contributed by atoms with van der Waals surface area (Å²) in [6.45, 7) is 14.2. The molecule has 18 nitrogen and oxygen atoms in total. The van der Waals surface area contributed by atoms with E-state index in [1.165, 1.54) is 10.5 Å². The molecule has 0 bridgehead atoms. The van der Waals surface area contributed by atoms with Gasteiger partial charge in [0.25, 0.3) is 0 Å². The van der Waals surface area contributed by atoms with Crippen LogP contribution in [-0.2, 0) is 16.1 Å². The van der Waals surface area contributed by atoms with E-state index in [1.54, 1.807) is 23.5 Å². The lowest BCUT2D eigenvalue weighted by atomic mass is 9.85. The number of nitrogens with zero attached hydrogens (tertiary/aromatic N) is 10. The molecule has 0 saturated carbocycles. The molecule has 0 aliphatic carbocycles. The quantitative estimate of drug-likeness (QED) is 0.121. The number of aromatic nitrogens is 5. The third-order valence-corrected chi connectivity index (χ3v) is 16.1. The number of aromatic hydroxyl groups is 1. The highest BCUT2D eigenvalue weighted by Crippen LogP contribution is 2.37. The number of aliphatic hydroxyl groups is 1. The summed E-state index contributed by atoms with van der Waals surface area (Å²) in [5.74, 6) is 1.36. The van der Waals surface area contributed by atoms with Crippen molar-refractivity contribution in [2.75, 3.05) is 74.0 Å². The monoisotopic (exact) mass is 983 g/mol. The summed E-state index contributed by atoms with van der Waals surface area (Å²) >= 11 is 1.59. The summed E-state index contributed by atoms with van der Waals surface area (Å²) in [5.41, 5.74) is 7.59. The number of phenols is 1. The van der Waals surface area contributed by atoms with Crippen LogP contribution in [0, 0.1) is 12.3 Å². The molecular formula is C52H65N13O5S. The summed E-state index contributed by atoms with van der Waals surface area (Å²) in [6, 6.07) is 15.7. The Balaban J connectivity index is 0.679. The predicted molar refractivity (Wildman–Crippen MR) is 273 cm³/mol. The Kier molecular flexibility index (Phi) is 13.8. The normalized spacial score (nSPS) is 21.6. The topological polar surface area (TPSA) is 208 Å². The molecule has 19 heteroatoms. The van der Waals surface area contributed by atoms with Crippen molar-refractivity contribution in [1.29, 1.82) is 0 Å². The number of piperazine rings is 1. The number of phenolic OH excluding ortho intramolecular Hbond substituents is 1. The summed E-state index contributed by atoms with van der Waals surface area (Å²) < 4.78 is 0. The molecule has 4 fully saturated rings. The fourth-order valence-electron chi connectivity index (χ4n) is 11.0. The maximum Gasteiger partial charge on any atom is 0.318 e. The SMILES string of the molecule is Cc1ncsc1-c1ccc(CNC(=O)[C@@H]2C[C@@H](O)CN2C(=O)[C@@H](NC(=O)N2CCC(N3CCC(c4cnc(N5CCN6c7cc(-c8ccccc8O)nnc7NC[C@H]6C5)nc4)CC3)CC2)C(C)(C)C)cc1. The number of carbonyl (C=O) groups is 3. The van der Waals surface area contributed by atoms with Gasteiger partial charge in [-0.3, -0.25) is 9.59 Å². The van der Waals surface area contributed by atoms with Crippen molar-refractivity contribution in [3.63, 3.8) is 0 Å². The molecule has 4 atom stereocenters. The van der Waals surface area contributed by atoms with E-state index in [-0.39, 0.29) is 49.1 Å². The molecule has 4 amide bonds. The zero-order valence-electron chi connectivity index (χ0n) is 41.0. The molecule has 5 N–H and O–H groups in total. The van der Waals surface area contributed by atoms with Crippen LogP contribution < -0.4 is 25.8 Å². The van der Waals surface area contributed by atoms with E-state index in [2.05, 4.69) is 45.8 Å². The number of piperidine rings is 2. The molecule has 0 unspecified atom stereocenters. The maximum atomic E-state index is 14.3. The Morgan fingerprint density at radius 3 is 2.34 bits per heavy atom. The molecule has 0 spiro atoms. The molecule has 71 heavy (non-hydrogen) atoms.